The van der Waals surface area contributed by atoms with E-state index in [1.165, 1.54) is 0 Å². The summed E-state index contributed by atoms with van der Waals surface area (Å²) in [5.41, 5.74) is 4.34. The maximum absolute atomic E-state index is 10.0. The van der Waals surface area contributed by atoms with Crippen LogP contribution < -0.4 is 45.9 Å². The van der Waals surface area contributed by atoms with E-state index in [-0.39, 0.29) is 36.2 Å². The van der Waals surface area contributed by atoms with E-state index in [4.69, 9.17) is 4.79 Å². The Hall–Kier alpha value is -0.180. The van der Waals surface area contributed by atoms with Gasteiger partial charge in [-0.1, -0.05) is 61.7 Å². The Bertz CT molecular complexity index is 291. The molecule has 0 fully saturated rings. The number of rotatable bonds is 3. The number of likely N-dealkylation sites (N-methyl/N-ethyl adjacent to an activating group) is 1. The van der Waals surface area contributed by atoms with Crippen molar-refractivity contribution in [3.05, 3.63) is 36.4 Å². The molecule has 0 saturated carbocycles. The molecule has 4 N–H and O–H groups in total. The fraction of sp³-hybridized carbons (Fsp3) is 0.273. The summed E-state index contributed by atoms with van der Waals surface area (Å²) >= 11 is 6.60. The summed E-state index contributed by atoms with van der Waals surface area (Å²) in [6.45, 7) is 1.42. The third-order valence-corrected chi connectivity index (χ3v) is 1.48. The predicted molar refractivity (Wildman–Crippen MR) is 82.4 cm³/mol. The molecule has 0 atom stereocenters. The molecule has 1 rings (SSSR count). The van der Waals surface area contributed by atoms with Gasteiger partial charge in [0.15, 0.2) is 0 Å². The fourth-order valence-electron chi connectivity index (χ4n) is 0.679. The van der Waals surface area contributed by atoms with Crippen LogP contribution in [0.3, 0.4) is 0 Å². The maximum Gasteiger partial charge on any atom is 1.00 e. The molecule has 0 spiro atoms. The average molecular weight is 313 g/mol. The van der Waals surface area contributed by atoms with E-state index < -0.39 is 5.24 Å². The normalized spacial score (nSPS) is 7.53. The molecular formula is C11H20N3NaO2S2. The second kappa shape index (κ2) is 20.1. The minimum atomic E-state index is -0.639. The predicted octanol–water partition coefficient (Wildman–Crippen LogP) is -1.36. The van der Waals surface area contributed by atoms with Crippen LogP contribution in [0.5, 0.6) is 0 Å². The summed E-state index contributed by atoms with van der Waals surface area (Å²) in [6, 6.07) is 12.0. The van der Waals surface area contributed by atoms with Crippen LogP contribution in [0.15, 0.2) is 36.4 Å². The SMILES string of the molecule is CNCCNC(=O)S.NC(=O)S.[H-].[Na+].c1ccccc1. The zero-order chi connectivity index (χ0) is 14.2. The number of primary amides is 1. The van der Waals surface area contributed by atoms with E-state index in [0.29, 0.717) is 6.54 Å². The first-order valence-electron chi connectivity index (χ1n) is 5.10. The van der Waals surface area contributed by atoms with Crippen molar-refractivity contribution in [3.63, 3.8) is 0 Å². The van der Waals surface area contributed by atoms with Crippen LogP contribution in [0.4, 0.5) is 9.59 Å². The summed E-state index contributed by atoms with van der Waals surface area (Å²) < 4.78 is 0. The molecule has 1 aromatic carbocycles. The van der Waals surface area contributed by atoms with E-state index in [2.05, 4.69) is 41.6 Å². The number of carbonyl (C=O) groups excluding carboxylic acids is 2. The molecule has 0 heterocycles. The summed E-state index contributed by atoms with van der Waals surface area (Å²) in [5.74, 6) is 0. The van der Waals surface area contributed by atoms with Crippen LogP contribution in [0.25, 0.3) is 0 Å². The molecule has 0 saturated heterocycles. The van der Waals surface area contributed by atoms with Crippen molar-refractivity contribution in [1.82, 2.24) is 10.6 Å². The van der Waals surface area contributed by atoms with Crippen molar-refractivity contribution in [2.75, 3.05) is 20.1 Å². The number of benzene rings is 1. The van der Waals surface area contributed by atoms with Crippen molar-refractivity contribution in [2.45, 2.75) is 0 Å². The Labute approximate surface area is 148 Å². The monoisotopic (exact) mass is 313 g/mol. The Morgan fingerprint density at radius 2 is 1.37 bits per heavy atom. The smallest absolute Gasteiger partial charge is 1.00 e. The van der Waals surface area contributed by atoms with Crippen molar-refractivity contribution in [2.24, 2.45) is 5.73 Å². The summed E-state index contributed by atoms with van der Waals surface area (Å²) in [6.07, 6.45) is 0. The van der Waals surface area contributed by atoms with Gasteiger partial charge in [-0.3, -0.25) is 9.59 Å². The van der Waals surface area contributed by atoms with Gasteiger partial charge in [-0.25, -0.2) is 0 Å². The minimum absolute atomic E-state index is 0. The molecule has 8 heteroatoms. The van der Waals surface area contributed by atoms with E-state index in [1.54, 1.807) is 0 Å². The van der Waals surface area contributed by atoms with E-state index in [9.17, 15) is 4.79 Å². The molecule has 0 aliphatic rings. The molecule has 0 unspecified atom stereocenters. The van der Waals surface area contributed by atoms with E-state index in [1.807, 2.05) is 43.4 Å². The number of amides is 2. The minimum Gasteiger partial charge on any atom is -1.00 e. The van der Waals surface area contributed by atoms with Crippen molar-refractivity contribution in [3.8, 4) is 0 Å². The first kappa shape index (κ1) is 23.9. The quantitative estimate of drug-likeness (QED) is 0.272. The standard InChI is InChI=1S/C6H6.C4H10N2OS.CH3NOS.Na.H/c1-2-4-6-5-3-1;1-5-2-3-6-4(7)8;2-1(3)4;;/h1-6H;5H,2-3H2,1H3,(H2,6,7,8);(H3,2,3,4);;/q;;;+1;-1. The molecule has 2 amide bonds. The average Bonchev–Trinajstić information content (AvgIpc) is 2.31. The van der Waals surface area contributed by atoms with Gasteiger partial charge in [-0.15, -0.1) is 0 Å². The van der Waals surface area contributed by atoms with Gasteiger partial charge < -0.3 is 17.8 Å². The summed E-state index contributed by atoms with van der Waals surface area (Å²) in [7, 11) is 1.82. The second-order valence-corrected chi connectivity index (χ2v) is 3.68. The van der Waals surface area contributed by atoms with Crippen LogP contribution in [-0.2, 0) is 0 Å². The van der Waals surface area contributed by atoms with Gasteiger partial charge in [0.1, 0.15) is 0 Å². The Balaban J connectivity index is -0.0000000960. The van der Waals surface area contributed by atoms with Gasteiger partial charge in [0.2, 0.25) is 0 Å². The van der Waals surface area contributed by atoms with Gasteiger partial charge in [0, 0.05) is 13.1 Å². The number of nitrogens with two attached hydrogens (primary N) is 1. The first-order valence-corrected chi connectivity index (χ1v) is 6.00. The molecule has 0 bridgehead atoms. The number of hydrogen-bond acceptors (Lipinski definition) is 3. The van der Waals surface area contributed by atoms with Crippen LogP contribution in [0, 0.1) is 0 Å². The van der Waals surface area contributed by atoms with Gasteiger partial charge in [-0.05, 0) is 7.05 Å². The van der Waals surface area contributed by atoms with Crippen LogP contribution in [0.1, 0.15) is 1.43 Å². The molecule has 0 aliphatic heterocycles. The van der Waals surface area contributed by atoms with Crippen LogP contribution in [-0.4, -0.2) is 30.6 Å². The number of thiol groups is 2. The zero-order valence-electron chi connectivity index (χ0n) is 12.2. The number of hydrogen-bond donors (Lipinski definition) is 5. The van der Waals surface area contributed by atoms with Gasteiger partial charge in [0.05, 0.1) is 0 Å². The molecule has 104 valence electrons. The summed E-state index contributed by atoms with van der Waals surface area (Å²) in [4.78, 5) is 19.1. The largest absolute Gasteiger partial charge is 1.00 e. The molecular weight excluding hydrogens is 293 g/mol. The number of carbonyl (C=O) groups is 2. The molecule has 0 radical (unpaired) electrons. The van der Waals surface area contributed by atoms with E-state index in [0.717, 1.165) is 6.54 Å². The van der Waals surface area contributed by atoms with Crippen molar-refractivity contribution < 1.29 is 40.6 Å². The van der Waals surface area contributed by atoms with E-state index >= 15 is 0 Å². The molecule has 19 heavy (non-hydrogen) atoms. The van der Waals surface area contributed by atoms with Gasteiger partial charge >= 0.3 is 29.6 Å². The molecule has 5 nitrogen and oxygen atoms in total. The topological polar surface area (TPSA) is 84.2 Å². The third kappa shape index (κ3) is 38.1. The molecule has 0 aliphatic carbocycles. The van der Waals surface area contributed by atoms with Crippen molar-refractivity contribution in [1.29, 1.82) is 0 Å². The second-order valence-electron chi connectivity index (χ2n) is 2.83. The Morgan fingerprint density at radius 1 is 1.05 bits per heavy atom. The zero-order valence-corrected chi connectivity index (χ0v) is 15.0. The fourth-order valence-corrected chi connectivity index (χ4v) is 0.791. The molecule has 0 aromatic heterocycles. The maximum atomic E-state index is 10.0. The van der Waals surface area contributed by atoms with Crippen LogP contribution >= 0.6 is 25.3 Å². The number of nitrogens with one attached hydrogen (secondary N) is 2. The Kier molecular flexibility index (Phi) is 25.3. The summed E-state index contributed by atoms with van der Waals surface area (Å²) in [5, 5.41) is 4.47. The molecule has 1 aromatic rings. The van der Waals surface area contributed by atoms with Crippen molar-refractivity contribution >= 4 is 35.7 Å². The van der Waals surface area contributed by atoms with Gasteiger partial charge in [0.25, 0.3) is 10.5 Å². The Morgan fingerprint density at radius 3 is 1.58 bits per heavy atom. The first-order chi connectivity index (χ1) is 8.50. The van der Waals surface area contributed by atoms with Crippen LogP contribution in [0.2, 0.25) is 0 Å². The van der Waals surface area contributed by atoms with Gasteiger partial charge in [-0.2, -0.15) is 0 Å². The third-order valence-electron chi connectivity index (χ3n) is 1.32.